The number of ether oxygens (including phenoxy) is 2. The van der Waals surface area contributed by atoms with Crippen LogP contribution in [0.5, 0.6) is 23.0 Å². The number of hydrazone groups is 2. The lowest BCUT2D eigenvalue weighted by Gasteiger charge is -2.06. The molecule has 2 rings (SSSR count). The smallest absolute Gasteiger partial charge is 0.240 e. The summed E-state index contributed by atoms with van der Waals surface area (Å²) in [4.78, 5) is 23.8. The minimum absolute atomic E-state index is 0.0135. The monoisotopic (exact) mass is 612 g/mol. The third-order valence-corrected chi connectivity index (χ3v) is 5.86. The van der Waals surface area contributed by atoms with Crippen molar-refractivity contribution in [2.45, 2.75) is 32.1 Å². The molecule has 35 heavy (non-hydrogen) atoms. The van der Waals surface area contributed by atoms with Gasteiger partial charge < -0.3 is 19.7 Å². The van der Waals surface area contributed by atoms with E-state index in [0.29, 0.717) is 39.3 Å². The van der Waals surface area contributed by atoms with Crippen LogP contribution in [-0.2, 0) is 9.59 Å². The first-order valence-electron chi connectivity index (χ1n) is 10.5. The van der Waals surface area contributed by atoms with E-state index in [1.165, 1.54) is 26.6 Å². The van der Waals surface area contributed by atoms with Gasteiger partial charge in [0.25, 0.3) is 0 Å². The van der Waals surface area contributed by atoms with E-state index in [0.717, 1.165) is 0 Å². The number of methoxy groups -OCH3 is 2. The molecule has 0 radical (unpaired) electrons. The van der Waals surface area contributed by atoms with Crippen molar-refractivity contribution in [2.75, 3.05) is 14.2 Å². The van der Waals surface area contributed by atoms with Crippen molar-refractivity contribution in [1.82, 2.24) is 10.9 Å². The van der Waals surface area contributed by atoms with Crippen molar-refractivity contribution in [3.63, 3.8) is 0 Å². The van der Waals surface area contributed by atoms with Crippen molar-refractivity contribution < 1.29 is 29.3 Å². The van der Waals surface area contributed by atoms with Gasteiger partial charge in [-0.15, -0.1) is 0 Å². The average Bonchev–Trinajstić information content (AvgIpc) is 2.83. The van der Waals surface area contributed by atoms with Gasteiger partial charge in [-0.05, 0) is 80.1 Å². The van der Waals surface area contributed by atoms with Crippen LogP contribution < -0.4 is 20.3 Å². The maximum atomic E-state index is 11.9. The van der Waals surface area contributed by atoms with Crippen molar-refractivity contribution in [2.24, 2.45) is 10.2 Å². The first kappa shape index (κ1) is 28.1. The molecule has 0 fully saturated rings. The fourth-order valence-corrected chi connectivity index (χ4v) is 3.78. The summed E-state index contributed by atoms with van der Waals surface area (Å²) < 4.78 is 11.0. The highest BCUT2D eigenvalue weighted by molar-refractivity contribution is 9.10. The summed E-state index contributed by atoms with van der Waals surface area (Å²) in [5.41, 5.74) is 6.17. The molecule has 0 aliphatic heterocycles. The van der Waals surface area contributed by atoms with Gasteiger partial charge in [0.15, 0.2) is 23.0 Å². The maximum absolute atomic E-state index is 11.9. The number of hydrogen-bond acceptors (Lipinski definition) is 8. The number of nitrogens with one attached hydrogen (secondary N) is 2. The van der Waals surface area contributed by atoms with E-state index in [1.807, 2.05) is 0 Å². The van der Waals surface area contributed by atoms with Gasteiger partial charge in [0, 0.05) is 12.8 Å². The predicted molar refractivity (Wildman–Crippen MR) is 139 cm³/mol. The Bertz CT molecular complexity index is 1020. The molecule has 12 heteroatoms. The van der Waals surface area contributed by atoms with Gasteiger partial charge in [-0.25, -0.2) is 10.9 Å². The fourth-order valence-electron chi connectivity index (χ4n) is 2.87. The Morgan fingerprint density at radius 3 is 1.57 bits per heavy atom. The van der Waals surface area contributed by atoms with Gasteiger partial charge in [0.05, 0.1) is 35.6 Å². The Balaban J connectivity index is 1.65. The number of aromatic hydroxyl groups is 2. The van der Waals surface area contributed by atoms with Crippen LogP contribution in [0.25, 0.3) is 0 Å². The van der Waals surface area contributed by atoms with E-state index in [-0.39, 0.29) is 47.7 Å². The van der Waals surface area contributed by atoms with Gasteiger partial charge in [-0.3, -0.25) is 9.59 Å². The molecule has 2 amide bonds. The summed E-state index contributed by atoms with van der Waals surface area (Å²) in [6, 6.07) is 6.46. The predicted octanol–water partition coefficient (Wildman–Crippen LogP) is 4.19. The second kappa shape index (κ2) is 14.3. The summed E-state index contributed by atoms with van der Waals surface area (Å²) in [6.07, 6.45) is 5.35. The number of phenols is 2. The number of carbonyl (C=O) groups excluding carboxylic acids is 2. The van der Waals surface area contributed by atoms with E-state index in [4.69, 9.17) is 9.47 Å². The number of carbonyl (C=O) groups is 2. The first-order chi connectivity index (χ1) is 16.7. The van der Waals surface area contributed by atoms with Crippen molar-refractivity contribution in [3.8, 4) is 23.0 Å². The lowest BCUT2D eigenvalue weighted by Crippen LogP contribution is -2.18. The van der Waals surface area contributed by atoms with Crippen molar-refractivity contribution in [3.05, 3.63) is 44.3 Å². The van der Waals surface area contributed by atoms with E-state index < -0.39 is 0 Å². The Hall–Kier alpha value is -3.12. The molecular formula is C23H26Br2N4O6. The highest BCUT2D eigenvalue weighted by Gasteiger charge is 2.09. The molecule has 0 saturated carbocycles. The van der Waals surface area contributed by atoms with E-state index in [1.54, 1.807) is 24.3 Å². The van der Waals surface area contributed by atoms with E-state index >= 15 is 0 Å². The first-order valence-corrected chi connectivity index (χ1v) is 12.1. The number of amides is 2. The Labute approximate surface area is 219 Å². The molecule has 0 aromatic heterocycles. The molecule has 0 aliphatic carbocycles. The zero-order chi connectivity index (χ0) is 25.8. The average molecular weight is 614 g/mol. The van der Waals surface area contributed by atoms with E-state index in [9.17, 15) is 19.8 Å². The second-order valence-corrected chi connectivity index (χ2v) is 8.96. The molecule has 10 nitrogen and oxygen atoms in total. The van der Waals surface area contributed by atoms with Gasteiger partial charge in [-0.2, -0.15) is 10.2 Å². The van der Waals surface area contributed by atoms with Crippen LogP contribution in [0, 0.1) is 0 Å². The standard InChI is InChI=1S/C23H26Br2N4O6/c1-34-18-10-14(8-16(24)22(18)32)12-26-28-20(30)6-4-3-5-7-21(31)29-27-13-15-9-17(25)23(33)19(11-15)35-2/h8-13,32-33H,3-7H2,1-2H3,(H,28,30)(H,29,31). The third-order valence-electron chi connectivity index (χ3n) is 4.65. The highest BCUT2D eigenvalue weighted by Crippen LogP contribution is 2.35. The lowest BCUT2D eigenvalue weighted by molar-refractivity contribution is -0.121. The molecule has 4 N–H and O–H groups in total. The molecule has 0 aliphatic rings. The number of hydrogen-bond donors (Lipinski definition) is 4. The zero-order valence-electron chi connectivity index (χ0n) is 19.2. The van der Waals surface area contributed by atoms with Gasteiger partial charge >= 0.3 is 0 Å². The summed E-state index contributed by atoms with van der Waals surface area (Å²) in [5.74, 6) is 0.0677. The number of phenolic OH excluding ortho intramolecular Hbond substituents is 2. The zero-order valence-corrected chi connectivity index (χ0v) is 22.3. The summed E-state index contributed by atoms with van der Waals surface area (Å²) in [6.45, 7) is 0. The fraction of sp³-hybridized carbons (Fsp3) is 0.304. The van der Waals surface area contributed by atoms with Crippen LogP contribution in [-0.4, -0.2) is 48.7 Å². The Morgan fingerprint density at radius 1 is 0.800 bits per heavy atom. The van der Waals surface area contributed by atoms with Crippen LogP contribution in [0.2, 0.25) is 0 Å². The van der Waals surface area contributed by atoms with Crippen LogP contribution >= 0.6 is 31.9 Å². The number of unbranched alkanes of at least 4 members (excludes halogenated alkanes) is 2. The van der Waals surface area contributed by atoms with Crippen molar-refractivity contribution in [1.29, 1.82) is 0 Å². The lowest BCUT2D eigenvalue weighted by atomic mass is 10.1. The number of halogens is 2. The minimum Gasteiger partial charge on any atom is -0.503 e. The molecule has 2 aromatic carbocycles. The molecule has 0 saturated heterocycles. The molecule has 0 heterocycles. The SMILES string of the molecule is COc1cc(C=NNC(=O)CCCCCC(=O)NN=Cc2cc(Br)c(O)c(OC)c2)cc(Br)c1O. The van der Waals surface area contributed by atoms with Crippen molar-refractivity contribution >= 4 is 56.1 Å². The number of nitrogens with zero attached hydrogens (tertiary/aromatic N) is 2. The molecule has 0 bridgehead atoms. The normalized spacial score (nSPS) is 11.1. The maximum Gasteiger partial charge on any atom is 0.240 e. The molecule has 0 atom stereocenters. The largest absolute Gasteiger partial charge is 0.503 e. The van der Waals surface area contributed by atoms with Gasteiger partial charge in [-0.1, -0.05) is 6.42 Å². The van der Waals surface area contributed by atoms with E-state index in [2.05, 4.69) is 52.9 Å². The quantitative estimate of drug-likeness (QED) is 0.161. The molecular weight excluding hydrogens is 588 g/mol. The molecule has 188 valence electrons. The van der Waals surface area contributed by atoms with Crippen LogP contribution in [0.15, 0.2) is 43.4 Å². The van der Waals surface area contributed by atoms with Crippen LogP contribution in [0.4, 0.5) is 0 Å². The van der Waals surface area contributed by atoms with Crippen LogP contribution in [0.1, 0.15) is 43.2 Å². The summed E-state index contributed by atoms with van der Waals surface area (Å²) >= 11 is 6.44. The molecule has 0 spiro atoms. The summed E-state index contributed by atoms with van der Waals surface area (Å²) in [5, 5.41) is 27.4. The summed E-state index contributed by atoms with van der Waals surface area (Å²) in [7, 11) is 2.88. The van der Waals surface area contributed by atoms with Gasteiger partial charge in [0.1, 0.15) is 0 Å². The molecule has 0 unspecified atom stereocenters. The second-order valence-electron chi connectivity index (χ2n) is 7.25. The topological polar surface area (TPSA) is 142 Å². The Kier molecular flexibility index (Phi) is 11.5. The highest BCUT2D eigenvalue weighted by atomic mass is 79.9. The third kappa shape index (κ3) is 9.21. The van der Waals surface area contributed by atoms with Gasteiger partial charge in [0.2, 0.25) is 11.8 Å². The molecule has 2 aromatic rings. The number of benzene rings is 2. The minimum atomic E-state index is -0.240. The Morgan fingerprint density at radius 2 is 1.20 bits per heavy atom. The number of rotatable bonds is 12. The van der Waals surface area contributed by atoms with Crippen LogP contribution in [0.3, 0.4) is 0 Å².